The van der Waals surface area contributed by atoms with Crippen molar-refractivity contribution < 1.29 is 35.9 Å². The molecule has 2 heterocycles. The molecule has 2 aromatic heterocycles. The van der Waals surface area contributed by atoms with E-state index in [0.717, 1.165) is 27.6 Å². The van der Waals surface area contributed by atoms with Crippen molar-refractivity contribution in [1.82, 2.24) is 14.4 Å². The number of rotatable bonds is 12. The van der Waals surface area contributed by atoms with Gasteiger partial charge in [-0.15, -0.1) is 22.7 Å². The summed E-state index contributed by atoms with van der Waals surface area (Å²) < 4.78 is 64.4. The second-order valence-corrected chi connectivity index (χ2v) is 14.0. The van der Waals surface area contributed by atoms with Crippen molar-refractivity contribution in [2.45, 2.75) is 39.0 Å². The van der Waals surface area contributed by atoms with E-state index in [1.54, 1.807) is 39.0 Å². The average Bonchev–Trinajstić information content (AvgIpc) is 3.41. The van der Waals surface area contributed by atoms with Crippen molar-refractivity contribution in [1.29, 1.82) is 0 Å². The fourth-order valence-electron chi connectivity index (χ4n) is 3.18. The van der Waals surface area contributed by atoms with Crippen molar-refractivity contribution in [2.75, 3.05) is 19.0 Å². The molecular formula is C23H27N3O8S4. The Kier molecular flexibility index (Phi) is 9.51. The van der Waals surface area contributed by atoms with Crippen LogP contribution >= 0.6 is 22.7 Å². The molecule has 0 saturated heterocycles. The molecular weight excluding hydrogens is 575 g/mol. The van der Waals surface area contributed by atoms with Crippen LogP contribution in [-0.4, -0.2) is 52.6 Å². The van der Waals surface area contributed by atoms with E-state index in [1.165, 1.54) is 19.1 Å². The molecule has 15 heteroatoms. The van der Waals surface area contributed by atoms with Crippen LogP contribution in [0.1, 0.15) is 48.6 Å². The molecule has 3 rings (SSSR count). The zero-order valence-electron chi connectivity index (χ0n) is 21.1. The Morgan fingerprint density at radius 3 is 2.34 bits per heavy atom. The number of hydrogen-bond donors (Lipinski definition) is 2. The van der Waals surface area contributed by atoms with Gasteiger partial charge in [0.05, 0.1) is 28.9 Å². The van der Waals surface area contributed by atoms with E-state index in [-0.39, 0.29) is 51.7 Å². The molecule has 0 saturated carbocycles. The van der Waals surface area contributed by atoms with Crippen LogP contribution < -0.4 is 18.9 Å². The molecule has 0 aliphatic heterocycles. The van der Waals surface area contributed by atoms with Crippen LogP contribution in [0.3, 0.4) is 0 Å². The third kappa shape index (κ3) is 7.52. The highest BCUT2D eigenvalue weighted by Gasteiger charge is 2.25. The van der Waals surface area contributed by atoms with Crippen LogP contribution in [0.2, 0.25) is 0 Å². The lowest BCUT2D eigenvalue weighted by Gasteiger charge is -2.10. The first-order valence-electron chi connectivity index (χ1n) is 11.4. The van der Waals surface area contributed by atoms with Crippen LogP contribution in [0.15, 0.2) is 35.2 Å². The number of thiazole rings is 1. The molecule has 1 aromatic carbocycles. The van der Waals surface area contributed by atoms with E-state index in [4.69, 9.17) is 9.47 Å². The van der Waals surface area contributed by atoms with Gasteiger partial charge >= 0.3 is 0 Å². The number of ether oxygens (including phenoxy) is 2. The van der Waals surface area contributed by atoms with E-state index in [1.807, 2.05) is 4.72 Å². The Labute approximate surface area is 229 Å². The fraction of sp³-hybridized carbons (Fsp3) is 0.348. The van der Waals surface area contributed by atoms with Gasteiger partial charge in [0.25, 0.3) is 21.8 Å². The summed E-state index contributed by atoms with van der Waals surface area (Å²) in [4.78, 5) is 30.0. The fourth-order valence-corrected chi connectivity index (χ4v) is 6.47. The highest BCUT2D eigenvalue weighted by molar-refractivity contribution is 7.90. The topological polar surface area (TPSA) is 158 Å². The third-order valence-corrected chi connectivity index (χ3v) is 9.50. The smallest absolute Gasteiger partial charge is 0.280 e. The molecule has 0 aliphatic rings. The summed E-state index contributed by atoms with van der Waals surface area (Å²) >= 11 is 2.13. The molecule has 38 heavy (non-hydrogen) atoms. The molecule has 2 amide bonds. The van der Waals surface area contributed by atoms with Crippen molar-refractivity contribution in [3.63, 3.8) is 0 Å². The molecule has 2 N–H and O–H groups in total. The van der Waals surface area contributed by atoms with E-state index < -0.39 is 31.9 Å². The number of aryl methyl sites for hydroxylation is 2. The maximum atomic E-state index is 12.9. The normalized spacial score (nSPS) is 11.7. The molecule has 0 atom stereocenters. The van der Waals surface area contributed by atoms with Gasteiger partial charge < -0.3 is 9.47 Å². The van der Waals surface area contributed by atoms with Gasteiger partial charge in [0.1, 0.15) is 10.6 Å². The Hall–Kier alpha value is -3.01. The number of thiophene rings is 1. The van der Waals surface area contributed by atoms with Gasteiger partial charge in [-0.05, 0) is 51.5 Å². The molecule has 0 fully saturated rings. The number of benzene rings is 1. The molecule has 0 unspecified atom stereocenters. The van der Waals surface area contributed by atoms with Crippen LogP contribution in [-0.2, 0) is 26.5 Å². The average molecular weight is 602 g/mol. The minimum atomic E-state index is -4.19. The first kappa shape index (κ1) is 29.5. The van der Waals surface area contributed by atoms with Crippen molar-refractivity contribution in [3.05, 3.63) is 55.5 Å². The zero-order valence-corrected chi connectivity index (χ0v) is 24.3. The monoisotopic (exact) mass is 601 g/mol. The van der Waals surface area contributed by atoms with Gasteiger partial charge in [-0.2, -0.15) is 0 Å². The first-order chi connectivity index (χ1) is 17.8. The van der Waals surface area contributed by atoms with Crippen LogP contribution in [0, 0.1) is 13.8 Å². The molecule has 206 valence electrons. The van der Waals surface area contributed by atoms with Crippen molar-refractivity contribution in [3.8, 4) is 11.6 Å². The molecule has 3 aromatic rings. The second-order valence-electron chi connectivity index (χ2n) is 7.87. The summed E-state index contributed by atoms with van der Waals surface area (Å²) in [5.41, 5.74) is 0.607. The number of carbonyl (C=O) groups excluding carboxylic acids is 2. The number of hydrogen-bond acceptors (Lipinski definition) is 11. The Balaban J connectivity index is 1.68. The SMILES string of the molecule is CCOc1nc(C)sc1C(=O)NS(=O)(=O)c1cccc(CCOc2cc(C)sc2C(=O)NS(=O)(=O)CC)c1. The van der Waals surface area contributed by atoms with E-state index in [2.05, 4.69) is 9.71 Å². The van der Waals surface area contributed by atoms with Gasteiger partial charge in [0, 0.05) is 11.3 Å². The van der Waals surface area contributed by atoms with Crippen molar-refractivity contribution in [2.24, 2.45) is 0 Å². The Morgan fingerprint density at radius 2 is 1.66 bits per heavy atom. The van der Waals surface area contributed by atoms with E-state index >= 15 is 0 Å². The van der Waals surface area contributed by atoms with Crippen LogP contribution in [0.4, 0.5) is 0 Å². The minimum Gasteiger partial charge on any atom is -0.492 e. The maximum absolute atomic E-state index is 12.9. The lowest BCUT2D eigenvalue weighted by molar-refractivity contribution is 0.0972. The highest BCUT2D eigenvalue weighted by atomic mass is 32.2. The van der Waals surface area contributed by atoms with E-state index in [0.29, 0.717) is 10.6 Å². The molecule has 0 bridgehead atoms. The number of sulfonamides is 2. The standard InChI is InChI=1S/C23H27N3O8S4/c1-5-33-23-20(36-15(4)24-23)22(28)26-38(31,32)17-9-7-8-16(13-17)10-11-34-18-12-14(3)35-19(18)21(27)25-37(29,30)6-2/h7-9,12-13H,5-6,10-11H2,1-4H3,(H,25,27)(H,26,28). The predicted molar refractivity (Wildman–Crippen MR) is 144 cm³/mol. The zero-order chi connectivity index (χ0) is 28.1. The quantitative estimate of drug-likeness (QED) is 0.318. The van der Waals surface area contributed by atoms with E-state index in [9.17, 15) is 26.4 Å². The van der Waals surface area contributed by atoms with Gasteiger partial charge in [-0.3, -0.25) is 9.59 Å². The van der Waals surface area contributed by atoms with Gasteiger partial charge in [-0.1, -0.05) is 12.1 Å². The first-order valence-corrected chi connectivity index (χ1v) is 16.2. The van der Waals surface area contributed by atoms with Gasteiger partial charge in [0.15, 0.2) is 4.88 Å². The second kappa shape index (κ2) is 12.2. The lowest BCUT2D eigenvalue weighted by atomic mass is 10.2. The molecule has 0 spiro atoms. The number of nitrogens with zero attached hydrogens (tertiary/aromatic N) is 1. The highest BCUT2D eigenvalue weighted by Crippen LogP contribution is 2.29. The van der Waals surface area contributed by atoms with Gasteiger partial charge in [0.2, 0.25) is 15.9 Å². The number of carbonyl (C=O) groups is 2. The summed E-state index contributed by atoms with van der Waals surface area (Å²) in [5.74, 6) is -1.53. The molecule has 11 nitrogen and oxygen atoms in total. The van der Waals surface area contributed by atoms with Crippen molar-refractivity contribution >= 4 is 54.5 Å². The summed E-state index contributed by atoms with van der Waals surface area (Å²) in [6.07, 6.45) is 0.281. The predicted octanol–water partition coefficient (Wildman–Crippen LogP) is 3.04. The Bertz CT molecular complexity index is 1540. The van der Waals surface area contributed by atoms with Crippen LogP contribution in [0.5, 0.6) is 11.6 Å². The third-order valence-electron chi connectivity index (χ3n) is 4.93. The molecule has 0 aliphatic carbocycles. The maximum Gasteiger partial charge on any atom is 0.280 e. The molecule has 0 radical (unpaired) electrons. The largest absolute Gasteiger partial charge is 0.492 e. The van der Waals surface area contributed by atoms with Gasteiger partial charge in [-0.25, -0.2) is 31.3 Å². The number of aromatic nitrogens is 1. The summed E-state index contributed by atoms with van der Waals surface area (Å²) in [6, 6.07) is 7.65. The minimum absolute atomic E-state index is 0.0649. The summed E-state index contributed by atoms with van der Waals surface area (Å²) in [7, 11) is -7.92. The summed E-state index contributed by atoms with van der Waals surface area (Å²) in [6.45, 7) is 6.96. The van der Waals surface area contributed by atoms with Crippen LogP contribution in [0.25, 0.3) is 0 Å². The number of amides is 2. The summed E-state index contributed by atoms with van der Waals surface area (Å²) in [5, 5.41) is 0.562. The Morgan fingerprint density at radius 1 is 0.947 bits per heavy atom. The lowest BCUT2D eigenvalue weighted by Crippen LogP contribution is -2.31. The number of nitrogens with one attached hydrogen (secondary N) is 2.